The van der Waals surface area contributed by atoms with E-state index in [4.69, 9.17) is 21.1 Å². The van der Waals surface area contributed by atoms with Crippen molar-refractivity contribution in [3.8, 4) is 0 Å². The van der Waals surface area contributed by atoms with Crippen LogP contribution in [-0.2, 0) is 23.9 Å². The van der Waals surface area contributed by atoms with Gasteiger partial charge in [0.15, 0.2) is 0 Å². The number of fused-ring (bicyclic) bond motifs is 2. The van der Waals surface area contributed by atoms with E-state index in [1.54, 1.807) is 35.2 Å². The highest BCUT2D eigenvalue weighted by Gasteiger charge is 2.71. The fourth-order valence-corrected chi connectivity index (χ4v) is 5.72. The third-order valence-electron chi connectivity index (χ3n) is 7.07. The smallest absolute Gasteiger partial charge is 0.312 e. The summed E-state index contributed by atoms with van der Waals surface area (Å²) in [5, 5.41) is 9.82. The van der Waals surface area contributed by atoms with Gasteiger partial charge in [0.25, 0.3) is 5.91 Å². The number of rotatable bonds is 5. The van der Waals surface area contributed by atoms with Gasteiger partial charge in [-0.25, -0.2) is 0 Å². The number of hydrogen-bond donors (Lipinski definition) is 1. The maximum absolute atomic E-state index is 14.1. The summed E-state index contributed by atoms with van der Waals surface area (Å²) < 4.78 is 11.9. The Bertz CT molecular complexity index is 1040. The fraction of sp³-hybridized carbons (Fsp3) is 0.480. The van der Waals surface area contributed by atoms with Gasteiger partial charge in [-0.2, -0.15) is 0 Å². The summed E-state index contributed by atoms with van der Waals surface area (Å²) in [5.74, 6) is -2.73. The van der Waals surface area contributed by atoms with E-state index in [0.717, 1.165) is 0 Å². The number of halogens is 1. The van der Waals surface area contributed by atoms with Crippen molar-refractivity contribution in [1.82, 2.24) is 4.90 Å². The molecule has 1 N–H and O–H groups in total. The monoisotopic (exact) mass is 486 g/mol. The molecule has 180 valence electrons. The lowest BCUT2D eigenvalue weighted by Crippen LogP contribution is -2.55. The lowest BCUT2D eigenvalue weighted by Gasteiger charge is -2.35. The van der Waals surface area contributed by atoms with E-state index in [2.05, 4.69) is 0 Å². The number of carbonyl (C=O) groups is 3. The molecule has 0 bridgehead atoms. The van der Waals surface area contributed by atoms with E-state index in [9.17, 15) is 19.5 Å². The third-order valence-corrected chi connectivity index (χ3v) is 7.32. The van der Waals surface area contributed by atoms with Gasteiger partial charge in [0.1, 0.15) is 17.6 Å². The van der Waals surface area contributed by atoms with Crippen LogP contribution in [0.1, 0.15) is 19.3 Å². The number of unbranched alkanes of at least 4 members (excludes halogenated alkanes) is 1. The van der Waals surface area contributed by atoms with Gasteiger partial charge in [-0.15, -0.1) is 0 Å². The zero-order valence-corrected chi connectivity index (χ0v) is 19.4. The second kappa shape index (κ2) is 9.17. The summed E-state index contributed by atoms with van der Waals surface area (Å²) in [7, 11) is 0. The number of ether oxygens (including phenoxy) is 2. The predicted molar refractivity (Wildman–Crippen MR) is 124 cm³/mol. The van der Waals surface area contributed by atoms with Crippen LogP contribution in [0.3, 0.4) is 0 Å². The third kappa shape index (κ3) is 3.65. The van der Waals surface area contributed by atoms with E-state index in [1.807, 2.05) is 18.2 Å². The van der Waals surface area contributed by atoms with E-state index in [1.165, 1.54) is 4.90 Å². The van der Waals surface area contributed by atoms with E-state index in [-0.39, 0.29) is 31.6 Å². The predicted octanol–water partition coefficient (Wildman–Crippen LogP) is 2.10. The summed E-state index contributed by atoms with van der Waals surface area (Å²) in [5.41, 5.74) is -0.622. The Balaban J connectivity index is 1.58. The van der Waals surface area contributed by atoms with E-state index >= 15 is 0 Å². The topological polar surface area (TPSA) is 96.4 Å². The molecule has 4 aliphatic heterocycles. The highest BCUT2D eigenvalue weighted by Crippen LogP contribution is 2.53. The molecule has 0 aromatic heterocycles. The first kappa shape index (κ1) is 23.1. The molecular formula is C25H27ClN2O6. The number of cyclic esters (lactones) is 1. The fourth-order valence-electron chi connectivity index (χ4n) is 5.59. The molecule has 2 fully saturated rings. The van der Waals surface area contributed by atoms with Crippen molar-refractivity contribution in [2.45, 2.75) is 37.0 Å². The van der Waals surface area contributed by atoms with Gasteiger partial charge < -0.3 is 24.4 Å². The van der Waals surface area contributed by atoms with Gasteiger partial charge >= 0.3 is 5.97 Å². The number of aliphatic hydroxyl groups excluding tert-OH is 1. The molecule has 34 heavy (non-hydrogen) atoms. The molecule has 2 amide bonds. The Morgan fingerprint density at radius 1 is 1.09 bits per heavy atom. The highest BCUT2D eigenvalue weighted by atomic mass is 35.5. The van der Waals surface area contributed by atoms with Crippen molar-refractivity contribution in [2.75, 3.05) is 31.2 Å². The molecule has 0 aliphatic carbocycles. The highest BCUT2D eigenvalue weighted by molar-refractivity contribution is 6.30. The Labute approximate surface area is 202 Å². The van der Waals surface area contributed by atoms with Crippen LogP contribution >= 0.6 is 11.6 Å². The molecule has 5 rings (SSSR count). The quantitative estimate of drug-likeness (QED) is 0.389. The molecular weight excluding hydrogens is 460 g/mol. The normalized spacial score (nSPS) is 32.6. The number of aliphatic hydroxyl groups is 1. The maximum Gasteiger partial charge on any atom is 0.312 e. The molecule has 1 aromatic rings. The van der Waals surface area contributed by atoms with Crippen molar-refractivity contribution in [3.05, 3.63) is 53.6 Å². The molecule has 4 heterocycles. The van der Waals surface area contributed by atoms with E-state index in [0.29, 0.717) is 36.5 Å². The first-order valence-electron chi connectivity index (χ1n) is 11.6. The summed E-state index contributed by atoms with van der Waals surface area (Å²) in [6, 6.07) is 6.02. The lowest BCUT2D eigenvalue weighted by atomic mass is 9.77. The SMILES string of the molecule is O=C1OCCC=C[C@H]2O[C@]34C=CCN(c5ccc(Cl)cc5)C(=O)C3N(CCCCO)C(=O)[C@@H]4[C@@H]12. The van der Waals surface area contributed by atoms with Crippen LogP contribution in [0.15, 0.2) is 48.6 Å². The van der Waals surface area contributed by atoms with Crippen LogP contribution in [0, 0.1) is 11.8 Å². The maximum atomic E-state index is 14.1. The average molecular weight is 487 g/mol. The first-order valence-corrected chi connectivity index (χ1v) is 12.0. The number of anilines is 1. The van der Waals surface area contributed by atoms with Crippen molar-refractivity contribution < 1.29 is 29.0 Å². The van der Waals surface area contributed by atoms with Crippen LogP contribution in [0.25, 0.3) is 0 Å². The van der Waals surface area contributed by atoms with Crippen molar-refractivity contribution in [2.24, 2.45) is 11.8 Å². The van der Waals surface area contributed by atoms with Crippen LogP contribution in [0.5, 0.6) is 0 Å². The van der Waals surface area contributed by atoms with Gasteiger partial charge in [0.2, 0.25) is 5.91 Å². The Hall–Kier alpha value is -2.68. The second-order valence-electron chi connectivity index (χ2n) is 9.02. The standard InChI is InChI=1S/C25H27ClN2O6/c26-16-7-9-17(10-8-16)27-13-5-11-25-20(19-18(34-25)6-1-4-15-33-24(19)32)22(30)28(12-2-3-14-29)21(25)23(27)31/h1,5-11,18-21,29H,2-4,12-15H2/t18-,19+,20+,21?,25+/m1/s1. The van der Waals surface area contributed by atoms with Crippen LogP contribution in [0.4, 0.5) is 5.69 Å². The van der Waals surface area contributed by atoms with Crippen LogP contribution in [-0.4, -0.2) is 71.8 Å². The average Bonchev–Trinajstić information content (AvgIpc) is 3.18. The minimum Gasteiger partial charge on any atom is -0.465 e. The molecule has 1 unspecified atom stereocenters. The number of amides is 2. The van der Waals surface area contributed by atoms with Gasteiger partial charge in [-0.3, -0.25) is 14.4 Å². The number of hydrogen-bond acceptors (Lipinski definition) is 6. The summed E-state index contributed by atoms with van der Waals surface area (Å²) in [6.07, 6.45) is 8.28. The second-order valence-corrected chi connectivity index (χ2v) is 9.45. The molecule has 2 saturated heterocycles. The number of nitrogens with zero attached hydrogens (tertiary/aromatic N) is 2. The molecule has 5 atom stereocenters. The molecule has 4 aliphatic rings. The number of esters is 1. The molecule has 0 saturated carbocycles. The Kier molecular flexibility index (Phi) is 6.22. The molecule has 8 nitrogen and oxygen atoms in total. The number of carbonyl (C=O) groups excluding carboxylic acids is 3. The van der Waals surface area contributed by atoms with Gasteiger partial charge in [0.05, 0.1) is 18.6 Å². The van der Waals surface area contributed by atoms with Crippen molar-refractivity contribution in [1.29, 1.82) is 0 Å². The first-order chi connectivity index (χ1) is 16.5. The molecule has 1 aromatic carbocycles. The van der Waals surface area contributed by atoms with Gasteiger partial charge in [-0.1, -0.05) is 35.9 Å². The molecule has 9 heteroatoms. The van der Waals surface area contributed by atoms with Crippen molar-refractivity contribution in [3.63, 3.8) is 0 Å². The zero-order valence-electron chi connectivity index (χ0n) is 18.6. The van der Waals surface area contributed by atoms with Crippen LogP contribution < -0.4 is 4.90 Å². The largest absolute Gasteiger partial charge is 0.465 e. The van der Waals surface area contributed by atoms with Gasteiger partial charge in [0, 0.05) is 30.4 Å². The Morgan fingerprint density at radius 2 is 1.88 bits per heavy atom. The number of benzene rings is 1. The minimum absolute atomic E-state index is 0.00959. The minimum atomic E-state index is -1.28. The summed E-state index contributed by atoms with van der Waals surface area (Å²) in [4.78, 5) is 44.0. The summed E-state index contributed by atoms with van der Waals surface area (Å²) >= 11 is 6.04. The number of likely N-dealkylation sites (tertiary alicyclic amines) is 1. The van der Waals surface area contributed by atoms with Gasteiger partial charge in [-0.05, 0) is 43.5 Å². The Morgan fingerprint density at radius 3 is 2.65 bits per heavy atom. The van der Waals surface area contributed by atoms with Crippen LogP contribution in [0.2, 0.25) is 5.02 Å². The molecule has 0 radical (unpaired) electrons. The molecule has 1 spiro atoms. The summed E-state index contributed by atoms with van der Waals surface area (Å²) in [6.45, 7) is 0.810. The van der Waals surface area contributed by atoms with E-state index < -0.39 is 35.6 Å². The zero-order chi connectivity index (χ0) is 23.9. The lowest BCUT2D eigenvalue weighted by molar-refractivity contribution is -0.154. The van der Waals surface area contributed by atoms with Crippen molar-refractivity contribution >= 4 is 35.1 Å².